The van der Waals surface area contributed by atoms with Crippen LogP contribution in [0.1, 0.15) is 0 Å². The van der Waals surface area contributed by atoms with Crippen LogP contribution in [0.15, 0.2) is 24.3 Å². The van der Waals surface area contributed by atoms with Crippen molar-refractivity contribution >= 4 is 23.3 Å². The van der Waals surface area contributed by atoms with Crippen molar-refractivity contribution in [1.29, 1.82) is 0 Å². The van der Waals surface area contributed by atoms with Crippen LogP contribution in [0.5, 0.6) is 5.75 Å². The second-order valence-corrected chi connectivity index (χ2v) is 5.32. The molecule has 6 heteroatoms. The Bertz CT molecular complexity index is 461. The lowest BCUT2D eigenvalue weighted by atomic mass is 10.2. The number of anilines is 1. The molecule has 0 radical (unpaired) electrons. The molecule has 20 heavy (non-hydrogen) atoms. The second-order valence-electron chi connectivity index (χ2n) is 4.79. The van der Waals surface area contributed by atoms with Crippen LogP contribution in [0.25, 0.3) is 0 Å². The van der Waals surface area contributed by atoms with Gasteiger partial charge in [0.2, 0.25) is 0 Å². The smallest absolute Gasteiger partial charge is 0.322 e. The van der Waals surface area contributed by atoms with Gasteiger partial charge in [-0.3, -0.25) is 9.69 Å². The number of rotatable bonds is 5. The average Bonchev–Trinajstić information content (AvgIpc) is 2.48. The zero-order chi connectivity index (χ0) is 14.5. The minimum atomic E-state index is -0.957. The van der Waals surface area contributed by atoms with Gasteiger partial charge in [-0.25, -0.2) is 0 Å². The van der Waals surface area contributed by atoms with E-state index in [0.717, 1.165) is 37.6 Å². The fourth-order valence-electron chi connectivity index (χ4n) is 2.30. The van der Waals surface area contributed by atoms with E-state index in [1.54, 1.807) is 7.11 Å². The van der Waals surface area contributed by atoms with E-state index in [1.807, 2.05) is 18.2 Å². The van der Waals surface area contributed by atoms with Crippen molar-refractivity contribution in [2.24, 2.45) is 0 Å². The third-order valence-electron chi connectivity index (χ3n) is 3.48. The first-order valence-corrected chi connectivity index (χ1v) is 7.02. The van der Waals surface area contributed by atoms with Gasteiger partial charge in [-0.05, 0) is 12.1 Å². The van der Waals surface area contributed by atoms with Crippen LogP contribution in [-0.2, 0) is 4.79 Å². The molecule has 1 N–H and O–H groups in total. The topological polar surface area (TPSA) is 53.0 Å². The highest BCUT2D eigenvalue weighted by Crippen LogP contribution is 2.22. The van der Waals surface area contributed by atoms with Crippen molar-refractivity contribution in [3.8, 4) is 5.75 Å². The molecule has 1 aliphatic rings. The number of hydrogen-bond acceptors (Lipinski definition) is 4. The van der Waals surface area contributed by atoms with Crippen molar-refractivity contribution in [1.82, 2.24) is 4.90 Å². The van der Waals surface area contributed by atoms with Crippen molar-refractivity contribution in [3.63, 3.8) is 0 Å². The van der Waals surface area contributed by atoms with Crippen molar-refractivity contribution in [2.45, 2.75) is 5.38 Å². The summed E-state index contributed by atoms with van der Waals surface area (Å²) in [6.45, 7) is 3.73. The summed E-state index contributed by atoms with van der Waals surface area (Å²) in [5.41, 5.74) is 1.13. The molecule has 1 aliphatic heterocycles. The number of alkyl halides is 1. The Kier molecular flexibility index (Phi) is 5.09. The fraction of sp³-hybridized carbons (Fsp3) is 0.500. The highest BCUT2D eigenvalue weighted by atomic mass is 35.5. The SMILES string of the molecule is COc1cccc(N2CCN(CC(Cl)C(=O)O)CC2)c1. The minimum Gasteiger partial charge on any atom is -0.497 e. The largest absolute Gasteiger partial charge is 0.497 e. The molecular weight excluding hydrogens is 280 g/mol. The zero-order valence-electron chi connectivity index (χ0n) is 11.5. The number of piperazine rings is 1. The Balaban J connectivity index is 1.89. The standard InChI is InChI=1S/C14H19ClN2O3/c1-20-12-4-2-3-11(9-12)17-7-5-16(6-8-17)10-13(15)14(18)19/h2-4,9,13H,5-8,10H2,1H3,(H,18,19). The summed E-state index contributed by atoms with van der Waals surface area (Å²) in [6, 6.07) is 7.96. The molecule has 1 aromatic rings. The van der Waals surface area contributed by atoms with Crippen LogP contribution in [-0.4, -0.2) is 61.2 Å². The Morgan fingerprint density at radius 2 is 2.10 bits per heavy atom. The molecule has 1 unspecified atom stereocenters. The van der Waals surface area contributed by atoms with Crippen molar-refractivity contribution < 1.29 is 14.6 Å². The number of methoxy groups -OCH3 is 1. The first-order valence-electron chi connectivity index (χ1n) is 6.58. The maximum atomic E-state index is 10.7. The Labute approximate surface area is 123 Å². The van der Waals surface area contributed by atoms with Gasteiger partial charge in [0.05, 0.1) is 7.11 Å². The normalized spacial score (nSPS) is 17.8. The van der Waals surface area contributed by atoms with E-state index in [1.165, 1.54) is 0 Å². The third kappa shape index (κ3) is 3.77. The number of nitrogens with zero attached hydrogens (tertiary/aromatic N) is 2. The second kappa shape index (κ2) is 6.81. The molecule has 0 bridgehead atoms. The molecule has 0 aromatic heterocycles. The number of aliphatic carboxylic acids is 1. The first kappa shape index (κ1) is 14.9. The van der Waals surface area contributed by atoms with Crippen molar-refractivity contribution in [2.75, 3.05) is 44.7 Å². The average molecular weight is 299 g/mol. The molecule has 1 atom stereocenters. The van der Waals surface area contributed by atoms with Gasteiger partial charge in [0, 0.05) is 44.5 Å². The highest BCUT2D eigenvalue weighted by Gasteiger charge is 2.22. The molecule has 5 nitrogen and oxygen atoms in total. The molecule has 0 amide bonds. The molecule has 0 aliphatic carbocycles. The van der Waals surface area contributed by atoms with Crippen molar-refractivity contribution in [3.05, 3.63) is 24.3 Å². The number of carboxylic acid groups (broad SMARTS) is 1. The lowest BCUT2D eigenvalue weighted by Gasteiger charge is -2.36. The Morgan fingerprint density at radius 1 is 1.40 bits per heavy atom. The van der Waals surface area contributed by atoms with Gasteiger partial charge < -0.3 is 14.7 Å². The van der Waals surface area contributed by atoms with E-state index >= 15 is 0 Å². The van der Waals surface area contributed by atoms with Gasteiger partial charge in [-0.2, -0.15) is 0 Å². The summed E-state index contributed by atoms with van der Waals surface area (Å²) in [4.78, 5) is 15.1. The number of carboxylic acids is 1. The van der Waals surface area contributed by atoms with Gasteiger partial charge in [0.1, 0.15) is 11.1 Å². The van der Waals surface area contributed by atoms with E-state index in [2.05, 4.69) is 15.9 Å². The van der Waals surface area contributed by atoms with E-state index in [0.29, 0.717) is 6.54 Å². The lowest BCUT2D eigenvalue weighted by molar-refractivity contribution is -0.137. The van der Waals surface area contributed by atoms with Gasteiger partial charge in [0.25, 0.3) is 0 Å². The fourth-order valence-corrected chi connectivity index (χ4v) is 2.50. The van der Waals surface area contributed by atoms with Crippen LogP contribution >= 0.6 is 11.6 Å². The molecule has 1 fully saturated rings. The summed E-state index contributed by atoms with van der Waals surface area (Å²) in [5.74, 6) is -0.112. The Morgan fingerprint density at radius 3 is 2.70 bits per heavy atom. The van der Waals surface area contributed by atoms with E-state index in [-0.39, 0.29) is 0 Å². The molecule has 0 spiro atoms. The van der Waals surface area contributed by atoms with Crippen LogP contribution in [0, 0.1) is 0 Å². The third-order valence-corrected chi connectivity index (χ3v) is 3.80. The zero-order valence-corrected chi connectivity index (χ0v) is 12.2. The van der Waals surface area contributed by atoms with Gasteiger partial charge in [-0.15, -0.1) is 11.6 Å². The number of halogens is 1. The maximum Gasteiger partial charge on any atom is 0.322 e. The molecule has 1 saturated heterocycles. The van der Waals surface area contributed by atoms with Gasteiger partial charge >= 0.3 is 5.97 Å². The summed E-state index contributed by atoms with van der Waals surface area (Å²) in [6.07, 6.45) is 0. The minimum absolute atomic E-state index is 0.392. The number of hydrogen-bond donors (Lipinski definition) is 1. The summed E-state index contributed by atoms with van der Waals surface area (Å²) >= 11 is 5.77. The lowest BCUT2D eigenvalue weighted by Crippen LogP contribution is -2.48. The van der Waals surface area contributed by atoms with Crippen LogP contribution in [0.2, 0.25) is 0 Å². The molecular formula is C14H19ClN2O3. The highest BCUT2D eigenvalue weighted by molar-refractivity contribution is 6.29. The number of carbonyl (C=O) groups is 1. The first-order chi connectivity index (χ1) is 9.60. The maximum absolute atomic E-state index is 10.7. The van der Waals surface area contributed by atoms with Crippen LogP contribution in [0.3, 0.4) is 0 Å². The van der Waals surface area contributed by atoms with Gasteiger partial charge in [-0.1, -0.05) is 6.07 Å². The predicted molar refractivity (Wildman–Crippen MR) is 78.9 cm³/mol. The molecule has 2 rings (SSSR count). The summed E-state index contributed by atoms with van der Waals surface area (Å²) in [5, 5.41) is 7.98. The number of ether oxygens (including phenoxy) is 1. The summed E-state index contributed by atoms with van der Waals surface area (Å²) in [7, 11) is 1.66. The Hall–Kier alpha value is -1.46. The van der Waals surface area contributed by atoms with E-state index in [4.69, 9.17) is 21.4 Å². The van der Waals surface area contributed by atoms with E-state index in [9.17, 15) is 4.79 Å². The summed E-state index contributed by atoms with van der Waals surface area (Å²) < 4.78 is 5.23. The van der Waals surface area contributed by atoms with Crippen LogP contribution in [0.4, 0.5) is 5.69 Å². The number of benzene rings is 1. The van der Waals surface area contributed by atoms with Crippen LogP contribution < -0.4 is 9.64 Å². The monoisotopic (exact) mass is 298 g/mol. The predicted octanol–water partition coefficient (Wildman–Crippen LogP) is 1.51. The molecule has 110 valence electrons. The molecule has 1 aromatic carbocycles. The quantitative estimate of drug-likeness (QED) is 0.835. The molecule has 1 heterocycles. The van der Waals surface area contributed by atoms with E-state index < -0.39 is 11.3 Å². The van der Waals surface area contributed by atoms with Gasteiger partial charge in [0.15, 0.2) is 0 Å². The molecule has 0 saturated carbocycles.